The van der Waals surface area contributed by atoms with Gasteiger partial charge in [-0.2, -0.15) is 0 Å². The summed E-state index contributed by atoms with van der Waals surface area (Å²) in [5, 5.41) is 17.5. The Morgan fingerprint density at radius 2 is 1.65 bits per heavy atom. The molecule has 9 nitrogen and oxygen atoms in total. The highest BCUT2D eigenvalue weighted by Crippen LogP contribution is 2.20. The Hall–Kier alpha value is -4.28. The smallest absolute Gasteiger partial charge is 0.254 e. The van der Waals surface area contributed by atoms with Gasteiger partial charge in [0.2, 0.25) is 5.91 Å². The van der Waals surface area contributed by atoms with Gasteiger partial charge >= 0.3 is 0 Å². The standard InChI is InChI=1S/C33H41FN4O5/c1-4-13-37-32(41)25-17-24(31(35)40)18-26(19-25)33(42)38(14-5-2)29(16-22-9-11-27(34)12-10-22)30(39)21-36-20-23-7-6-8-28(15-23)43-3/h6-12,15,17-19,29-30,36,39H,4-5,13-14,16,20-21H2,1-3H3,(H2,35,40)(H,37,41)/t29-,30+/m0/s1. The number of ether oxygens (including phenoxy) is 1. The summed E-state index contributed by atoms with van der Waals surface area (Å²) in [5.41, 5.74) is 7.51. The molecule has 0 spiro atoms. The van der Waals surface area contributed by atoms with E-state index in [1.807, 2.05) is 38.1 Å². The van der Waals surface area contributed by atoms with Gasteiger partial charge in [-0.15, -0.1) is 0 Å². The molecular formula is C33H41FN4O5. The number of rotatable bonds is 16. The van der Waals surface area contributed by atoms with E-state index >= 15 is 0 Å². The van der Waals surface area contributed by atoms with Crippen LogP contribution in [-0.2, 0) is 13.0 Å². The Balaban J connectivity index is 1.94. The van der Waals surface area contributed by atoms with E-state index in [0.717, 1.165) is 16.9 Å². The summed E-state index contributed by atoms with van der Waals surface area (Å²) in [6.45, 7) is 5.15. The Bertz CT molecular complexity index is 1380. The van der Waals surface area contributed by atoms with Crippen LogP contribution in [0.3, 0.4) is 0 Å². The molecule has 5 N–H and O–H groups in total. The SMILES string of the molecule is CCCNC(=O)c1cc(C(N)=O)cc(C(=O)N(CCC)[C@@H](Cc2ccc(F)cc2)[C@H](O)CNCc2cccc(OC)c2)c1. The van der Waals surface area contributed by atoms with E-state index < -0.39 is 29.9 Å². The summed E-state index contributed by atoms with van der Waals surface area (Å²) in [7, 11) is 1.59. The van der Waals surface area contributed by atoms with Crippen LogP contribution >= 0.6 is 0 Å². The number of aliphatic hydroxyl groups is 1. The van der Waals surface area contributed by atoms with Crippen molar-refractivity contribution in [3.05, 3.63) is 100 Å². The van der Waals surface area contributed by atoms with Crippen molar-refractivity contribution in [2.24, 2.45) is 5.73 Å². The molecule has 0 aromatic heterocycles. The molecule has 3 rings (SSSR count). The maximum absolute atomic E-state index is 14.1. The number of halogens is 1. The second-order valence-corrected chi connectivity index (χ2v) is 10.4. The molecule has 0 heterocycles. The minimum Gasteiger partial charge on any atom is -0.497 e. The monoisotopic (exact) mass is 592 g/mol. The van der Waals surface area contributed by atoms with Crippen LogP contribution in [0.5, 0.6) is 5.75 Å². The Morgan fingerprint density at radius 1 is 0.953 bits per heavy atom. The minimum atomic E-state index is -1.02. The lowest BCUT2D eigenvalue weighted by molar-refractivity contribution is 0.0353. The molecular weight excluding hydrogens is 551 g/mol. The first-order valence-corrected chi connectivity index (χ1v) is 14.5. The lowest BCUT2D eigenvalue weighted by Crippen LogP contribution is -2.51. The molecule has 3 aromatic carbocycles. The molecule has 230 valence electrons. The quantitative estimate of drug-likeness (QED) is 0.201. The highest BCUT2D eigenvalue weighted by molar-refractivity contribution is 6.04. The van der Waals surface area contributed by atoms with Crippen molar-refractivity contribution >= 4 is 17.7 Å². The fourth-order valence-electron chi connectivity index (χ4n) is 4.79. The molecule has 0 aliphatic carbocycles. The first kappa shape index (κ1) is 33.2. The predicted molar refractivity (Wildman–Crippen MR) is 164 cm³/mol. The van der Waals surface area contributed by atoms with Crippen molar-refractivity contribution in [3.8, 4) is 5.75 Å². The van der Waals surface area contributed by atoms with Crippen LogP contribution in [-0.4, -0.2) is 66.6 Å². The normalized spacial score (nSPS) is 12.3. The Morgan fingerprint density at radius 3 is 2.30 bits per heavy atom. The first-order valence-electron chi connectivity index (χ1n) is 14.5. The van der Waals surface area contributed by atoms with Crippen LogP contribution in [0.15, 0.2) is 66.7 Å². The van der Waals surface area contributed by atoms with E-state index in [2.05, 4.69) is 10.6 Å². The minimum absolute atomic E-state index is 0.0273. The fourth-order valence-corrected chi connectivity index (χ4v) is 4.79. The van der Waals surface area contributed by atoms with Crippen LogP contribution in [0.2, 0.25) is 0 Å². The molecule has 0 bridgehead atoms. The molecule has 3 amide bonds. The average molecular weight is 593 g/mol. The summed E-state index contributed by atoms with van der Waals surface area (Å²) in [6, 6.07) is 16.9. The van der Waals surface area contributed by atoms with E-state index in [9.17, 15) is 23.9 Å². The van der Waals surface area contributed by atoms with Crippen LogP contribution in [0, 0.1) is 5.82 Å². The van der Waals surface area contributed by atoms with Crippen molar-refractivity contribution in [1.82, 2.24) is 15.5 Å². The number of nitrogens with two attached hydrogens (primary N) is 1. The summed E-state index contributed by atoms with van der Waals surface area (Å²) < 4.78 is 19.0. The zero-order valence-electron chi connectivity index (χ0n) is 24.9. The number of carbonyl (C=O) groups is 3. The largest absolute Gasteiger partial charge is 0.497 e. The molecule has 43 heavy (non-hydrogen) atoms. The van der Waals surface area contributed by atoms with Gasteiger partial charge in [0.25, 0.3) is 11.8 Å². The molecule has 0 radical (unpaired) electrons. The molecule has 0 saturated carbocycles. The molecule has 3 aromatic rings. The number of nitrogens with zero attached hydrogens (tertiary/aromatic N) is 1. The highest BCUT2D eigenvalue weighted by atomic mass is 19.1. The maximum atomic E-state index is 14.1. The summed E-state index contributed by atoms with van der Waals surface area (Å²) in [4.78, 5) is 40.5. The van der Waals surface area contributed by atoms with Crippen molar-refractivity contribution in [1.29, 1.82) is 0 Å². The van der Waals surface area contributed by atoms with Crippen LogP contribution in [0.4, 0.5) is 4.39 Å². The van der Waals surface area contributed by atoms with E-state index in [-0.39, 0.29) is 42.0 Å². The molecule has 0 saturated heterocycles. The molecule has 0 aliphatic heterocycles. The van der Waals surface area contributed by atoms with E-state index in [0.29, 0.717) is 25.9 Å². The third-order valence-corrected chi connectivity index (χ3v) is 7.01. The number of amides is 3. The lowest BCUT2D eigenvalue weighted by Gasteiger charge is -2.35. The number of carbonyl (C=O) groups excluding carboxylic acids is 3. The van der Waals surface area contributed by atoms with Crippen molar-refractivity contribution in [2.45, 2.75) is 51.8 Å². The van der Waals surface area contributed by atoms with Crippen LogP contribution < -0.4 is 21.1 Å². The lowest BCUT2D eigenvalue weighted by atomic mass is 9.97. The number of nitrogens with one attached hydrogen (secondary N) is 2. The van der Waals surface area contributed by atoms with Gasteiger partial charge in [-0.05, 0) is 72.9 Å². The van der Waals surface area contributed by atoms with Crippen LogP contribution in [0.25, 0.3) is 0 Å². The van der Waals surface area contributed by atoms with Gasteiger partial charge < -0.3 is 31.1 Å². The Labute approximate surface area is 252 Å². The maximum Gasteiger partial charge on any atom is 0.254 e. The topological polar surface area (TPSA) is 134 Å². The molecule has 0 fully saturated rings. The number of hydrogen-bond acceptors (Lipinski definition) is 6. The second kappa shape index (κ2) is 16.4. The number of aliphatic hydroxyl groups excluding tert-OH is 1. The average Bonchev–Trinajstić information content (AvgIpc) is 3.01. The first-order chi connectivity index (χ1) is 20.7. The van der Waals surface area contributed by atoms with Crippen molar-refractivity contribution in [3.63, 3.8) is 0 Å². The van der Waals surface area contributed by atoms with Crippen molar-refractivity contribution < 1.29 is 28.6 Å². The molecule has 0 unspecified atom stereocenters. The number of primary amides is 1. The zero-order valence-corrected chi connectivity index (χ0v) is 24.9. The second-order valence-electron chi connectivity index (χ2n) is 10.4. The molecule has 2 atom stereocenters. The zero-order chi connectivity index (χ0) is 31.4. The fraction of sp³-hybridized carbons (Fsp3) is 0.364. The number of benzene rings is 3. The Kier molecular flexibility index (Phi) is 12.7. The summed E-state index contributed by atoms with van der Waals surface area (Å²) in [5.74, 6) is -1.33. The van der Waals surface area contributed by atoms with Gasteiger partial charge in [0.1, 0.15) is 11.6 Å². The van der Waals surface area contributed by atoms with Crippen molar-refractivity contribution in [2.75, 3.05) is 26.7 Å². The van der Waals surface area contributed by atoms with Gasteiger partial charge in [-0.1, -0.05) is 38.1 Å². The van der Waals surface area contributed by atoms with E-state index in [1.165, 1.54) is 30.3 Å². The molecule has 10 heteroatoms. The van der Waals surface area contributed by atoms with Gasteiger partial charge in [0.15, 0.2) is 0 Å². The van der Waals surface area contributed by atoms with Crippen LogP contribution in [0.1, 0.15) is 68.9 Å². The van der Waals surface area contributed by atoms with E-state index in [1.54, 1.807) is 24.1 Å². The highest BCUT2D eigenvalue weighted by Gasteiger charge is 2.31. The van der Waals surface area contributed by atoms with Gasteiger partial charge in [-0.3, -0.25) is 14.4 Å². The van der Waals surface area contributed by atoms with Gasteiger partial charge in [-0.25, -0.2) is 4.39 Å². The molecule has 0 aliphatic rings. The van der Waals surface area contributed by atoms with E-state index in [4.69, 9.17) is 10.5 Å². The predicted octanol–water partition coefficient (Wildman–Crippen LogP) is 3.69. The van der Waals surface area contributed by atoms with Gasteiger partial charge in [0, 0.05) is 42.9 Å². The van der Waals surface area contributed by atoms with Gasteiger partial charge in [0.05, 0.1) is 19.3 Å². The third kappa shape index (κ3) is 9.62. The third-order valence-electron chi connectivity index (χ3n) is 7.01. The number of methoxy groups -OCH3 is 1. The number of hydrogen-bond donors (Lipinski definition) is 4. The summed E-state index contributed by atoms with van der Waals surface area (Å²) in [6.07, 6.45) is 0.520. The summed E-state index contributed by atoms with van der Waals surface area (Å²) >= 11 is 0.